The summed E-state index contributed by atoms with van der Waals surface area (Å²) in [5, 5.41) is 0.213. The summed E-state index contributed by atoms with van der Waals surface area (Å²) in [6.07, 6.45) is 1.84. The van der Waals surface area contributed by atoms with Crippen molar-refractivity contribution in [3.05, 3.63) is 28.8 Å². The lowest BCUT2D eigenvalue weighted by atomic mass is 10.1. The second-order valence-electron chi connectivity index (χ2n) is 5.19. The van der Waals surface area contributed by atoms with Gasteiger partial charge < -0.3 is 10.6 Å². The number of hydrogen-bond donors (Lipinski definition) is 2. The van der Waals surface area contributed by atoms with Gasteiger partial charge in [-0.25, -0.2) is 13.1 Å². The highest BCUT2D eigenvalue weighted by molar-refractivity contribution is 7.89. The molecule has 1 fully saturated rings. The van der Waals surface area contributed by atoms with Crippen molar-refractivity contribution in [2.75, 3.05) is 20.1 Å². The number of nitrogens with zero attached hydrogens (tertiary/aromatic N) is 1. The molecule has 0 spiro atoms. The summed E-state index contributed by atoms with van der Waals surface area (Å²) in [7, 11) is -1.60. The number of likely N-dealkylation sites (tertiary alicyclic amines) is 1. The van der Waals surface area contributed by atoms with Gasteiger partial charge in [0.05, 0.1) is 5.02 Å². The minimum atomic E-state index is -3.59. The number of nitrogens with two attached hydrogens (primary N) is 1. The highest BCUT2D eigenvalue weighted by Gasteiger charge is 2.25. The standard InChI is InChI=1S/C13H20ClN3O2S/c1-17-6-2-3-11(9-17)16-20(18,19)13-5-4-10(8-15)7-12(13)14/h4-5,7,11,16H,2-3,6,8-9,15H2,1H3. The average Bonchev–Trinajstić information content (AvgIpc) is 2.37. The zero-order valence-electron chi connectivity index (χ0n) is 11.5. The maximum absolute atomic E-state index is 12.4. The first kappa shape index (κ1) is 15.7. The average molecular weight is 318 g/mol. The molecule has 1 saturated heterocycles. The summed E-state index contributed by atoms with van der Waals surface area (Å²) in [6, 6.07) is 4.74. The molecule has 7 heteroatoms. The van der Waals surface area contributed by atoms with Gasteiger partial charge in [0.15, 0.2) is 0 Å². The van der Waals surface area contributed by atoms with E-state index in [4.69, 9.17) is 17.3 Å². The number of halogens is 1. The Balaban J connectivity index is 2.17. The number of nitrogens with one attached hydrogen (secondary N) is 1. The van der Waals surface area contributed by atoms with Gasteiger partial charge in [0, 0.05) is 19.1 Å². The van der Waals surface area contributed by atoms with Gasteiger partial charge in [0.1, 0.15) is 4.90 Å². The SMILES string of the molecule is CN1CCCC(NS(=O)(=O)c2ccc(CN)cc2Cl)C1. The first-order chi connectivity index (χ1) is 9.42. The summed E-state index contributed by atoms with van der Waals surface area (Å²) < 4.78 is 27.5. The molecule has 3 N–H and O–H groups in total. The van der Waals surface area contributed by atoms with Crippen molar-refractivity contribution >= 4 is 21.6 Å². The predicted molar refractivity (Wildman–Crippen MR) is 80.2 cm³/mol. The van der Waals surface area contributed by atoms with Gasteiger partial charge in [-0.3, -0.25) is 0 Å². The molecule has 2 rings (SSSR count). The minimum Gasteiger partial charge on any atom is -0.326 e. The second-order valence-corrected chi connectivity index (χ2v) is 7.28. The van der Waals surface area contributed by atoms with Crippen LogP contribution in [0.25, 0.3) is 0 Å². The van der Waals surface area contributed by atoms with E-state index in [1.54, 1.807) is 12.1 Å². The number of hydrogen-bond acceptors (Lipinski definition) is 4. The molecule has 0 saturated carbocycles. The lowest BCUT2D eigenvalue weighted by molar-refractivity contribution is 0.242. The molecule has 0 aliphatic carbocycles. The number of rotatable bonds is 4. The Morgan fingerprint density at radius 3 is 2.85 bits per heavy atom. The van der Waals surface area contributed by atoms with Crippen LogP contribution in [0.4, 0.5) is 0 Å². The van der Waals surface area contributed by atoms with Gasteiger partial charge >= 0.3 is 0 Å². The van der Waals surface area contributed by atoms with E-state index in [0.29, 0.717) is 6.54 Å². The molecule has 0 radical (unpaired) electrons. The molecule has 1 atom stereocenters. The number of benzene rings is 1. The Morgan fingerprint density at radius 1 is 1.50 bits per heavy atom. The summed E-state index contributed by atoms with van der Waals surface area (Å²) in [5.74, 6) is 0. The molecule has 0 amide bonds. The monoisotopic (exact) mass is 317 g/mol. The van der Waals surface area contributed by atoms with E-state index >= 15 is 0 Å². The fourth-order valence-corrected chi connectivity index (χ4v) is 4.26. The highest BCUT2D eigenvalue weighted by atomic mass is 35.5. The summed E-state index contributed by atoms with van der Waals surface area (Å²) >= 11 is 6.05. The van der Waals surface area contributed by atoms with Crippen LogP contribution in [0, 0.1) is 0 Å². The van der Waals surface area contributed by atoms with Gasteiger partial charge in [0.25, 0.3) is 0 Å². The third-order valence-corrected chi connectivity index (χ3v) is 5.47. The van der Waals surface area contributed by atoms with Crippen LogP contribution >= 0.6 is 11.6 Å². The third kappa shape index (κ3) is 3.71. The zero-order chi connectivity index (χ0) is 14.8. The summed E-state index contributed by atoms with van der Waals surface area (Å²) in [5.41, 5.74) is 6.32. The highest BCUT2D eigenvalue weighted by Crippen LogP contribution is 2.23. The summed E-state index contributed by atoms with van der Waals surface area (Å²) in [4.78, 5) is 2.24. The van der Waals surface area contributed by atoms with E-state index in [-0.39, 0.29) is 16.0 Å². The van der Waals surface area contributed by atoms with Crippen LogP contribution in [0.15, 0.2) is 23.1 Å². The van der Waals surface area contributed by atoms with Crippen LogP contribution in [-0.2, 0) is 16.6 Å². The van der Waals surface area contributed by atoms with Crippen LogP contribution in [-0.4, -0.2) is 39.5 Å². The molecule has 1 heterocycles. The largest absolute Gasteiger partial charge is 0.326 e. The number of sulfonamides is 1. The first-order valence-corrected chi connectivity index (χ1v) is 8.48. The normalized spacial score (nSPS) is 21.1. The molecule has 20 heavy (non-hydrogen) atoms. The molecule has 1 unspecified atom stereocenters. The molecular weight excluding hydrogens is 298 g/mol. The molecule has 5 nitrogen and oxygen atoms in total. The summed E-state index contributed by atoms with van der Waals surface area (Å²) in [6.45, 7) is 2.06. The van der Waals surface area contributed by atoms with Crippen LogP contribution in [0.1, 0.15) is 18.4 Å². The Bertz CT molecular complexity index is 577. The maximum Gasteiger partial charge on any atom is 0.242 e. The van der Waals surface area contributed by atoms with E-state index < -0.39 is 10.0 Å². The van der Waals surface area contributed by atoms with Gasteiger partial charge in [-0.05, 0) is 44.1 Å². The molecule has 1 aromatic rings. The molecule has 0 aromatic heterocycles. The molecule has 1 aliphatic heterocycles. The Hall–Kier alpha value is -0.660. The van der Waals surface area contributed by atoms with Gasteiger partial charge in [-0.2, -0.15) is 0 Å². The van der Waals surface area contributed by atoms with Crippen LogP contribution in [0.3, 0.4) is 0 Å². The van der Waals surface area contributed by atoms with Crippen molar-refractivity contribution in [1.29, 1.82) is 0 Å². The topological polar surface area (TPSA) is 75.4 Å². The lowest BCUT2D eigenvalue weighted by Gasteiger charge is -2.30. The Labute approximate surface area is 125 Å². The molecular formula is C13H20ClN3O2S. The van der Waals surface area contributed by atoms with E-state index in [0.717, 1.165) is 31.5 Å². The number of likely N-dealkylation sites (N-methyl/N-ethyl adjacent to an activating group) is 1. The molecule has 1 aromatic carbocycles. The van der Waals surface area contributed by atoms with Gasteiger partial charge in [-0.1, -0.05) is 17.7 Å². The zero-order valence-corrected chi connectivity index (χ0v) is 13.0. The van der Waals surface area contributed by atoms with Crippen molar-refractivity contribution in [3.8, 4) is 0 Å². The van der Waals surface area contributed by atoms with Gasteiger partial charge in [0.2, 0.25) is 10.0 Å². The smallest absolute Gasteiger partial charge is 0.242 e. The van der Waals surface area contributed by atoms with Crippen molar-refractivity contribution in [2.24, 2.45) is 5.73 Å². The van der Waals surface area contributed by atoms with Crippen LogP contribution in [0.5, 0.6) is 0 Å². The Kier molecular flexibility index (Phi) is 5.04. The molecule has 112 valence electrons. The van der Waals surface area contributed by atoms with Crippen molar-refractivity contribution in [2.45, 2.75) is 30.3 Å². The predicted octanol–water partition coefficient (Wildman–Crippen LogP) is 1.17. The maximum atomic E-state index is 12.4. The second kappa shape index (κ2) is 6.41. The fraction of sp³-hybridized carbons (Fsp3) is 0.538. The number of piperidine rings is 1. The first-order valence-electron chi connectivity index (χ1n) is 6.62. The van der Waals surface area contributed by atoms with E-state index in [1.807, 2.05) is 7.05 Å². The van der Waals surface area contributed by atoms with Crippen molar-refractivity contribution in [3.63, 3.8) is 0 Å². The van der Waals surface area contributed by atoms with E-state index in [9.17, 15) is 8.42 Å². The van der Waals surface area contributed by atoms with Crippen LogP contribution < -0.4 is 10.5 Å². The lowest BCUT2D eigenvalue weighted by Crippen LogP contribution is -2.46. The van der Waals surface area contributed by atoms with E-state index in [2.05, 4.69) is 9.62 Å². The van der Waals surface area contributed by atoms with Crippen molar-refractivity contribution < 1.29 is 8.42 Å². The fourth-order valence-electron chi connectivity index (χ4n) is 2.43. The van der Waals surface area contributed by atoms with Gasteiger partial charge in [-0.15, -0.1) is 0 Å². The minimum absolute atomic E-state index is 0.0657. The molecule has 1 aliphatic rings. The third-order valence-electron chi connectivity index (χ3n) is 3.47. The molecule has 0 bridgehead atoms. The van der Waals surface area contributed by atoms with Crippen molar-refractivity contribution in [1.82, 2.24) is 9.62 Å². The Morgan fingerprint density at radius 2 is 2.25 bits per heavy atom. The van der Waals surface area contributed by atoms with E-state index in [1.165, 1.54) is 6.07 Å². The van der Waals surface area contributed by atoms with Crippen LogP contribution in [0.2, 0.25) is 5.02 Å². The quantitative estimate of drug-likeness (QED) is 0.874.